The second kappa shape index (κ2) is 8.09. The van der Waals surface area contributed by atoms with Crippen molar-refractivity contribution in [3.8, 4) is 5.75 Å². The van der Waals surface area contributed by atoms with Gasteiger partial charge in [0.1, 0.15) is 5.75 Å². The molecule has 0 saturated heterocycles. The molecule has 0 aliphatic carbocycles. The first-order valence-corrected chi connectivity index (χ1v) is 6.90. The Morgan fingerprint density at radius 3 is 2.72 bits per heavy atom. The van der Waals surface area contributed by atoms with Crippen LogP contribution in [0.1, 0.15) is 51.6 Å². The minimum absolute atomic E-state index is 0.366. The molecule has 0 aromatic carbocycles. The molecule has 102 valence electrons. The van der Waals surface area contributed by atoms with E-state index in [2.05, 4.69) is 37.1 Å². The van der Waals surface area contributed by atoms with Crippen molar-refractivity contribution < 1.29 is 4.74 Å². The smallest absolute Gasteiger partial charge is 0.141 e. The third-order valence-corrected chi connectivity index (χ3v) is 3.09. The van der Waals surface area contributed by atoms with E-state index in [0.717, 1.165) is 31.1 Å². The zero-order chi connectivity index (χ0) is 13.4. The number of rotatable bonds is 8. The molecule has 1 aromatic rings. The van der Waals surface area contributed by atoms with Crippen molar-refractivity contribution in [2.45, 2.75) is 46.1 Å². The predicted octanol–water partition coefficient (Wildman–Crippen LogP) is 3.57. The molecule has 0 amide bonds. The van der Waals surface area contributed by atoms with E-state index in [1.54, 1.807) is 13.3 Å². The van der Waals surface area contributed by atoms with Gasteiger partial charge in [0, 0.05) is 17.8 Å². The minimum Gasteiger partial charge on any atom is -0.495 e. The van der Waals surface area contributed by atoms with Gasteiger partial charge >= 0.3 is 0 Å². The average Bonchev–Trinajstić information content (AvgIpc) is 2.38. The molecule has 0 bridgehead atoms. The Morgan fingerprint density at radius 2 is 2.11 bits per heavy atom. The molecule has 1 unspecified atom stereocenters. The summed E-state index contributed by atoms with van der Waals surface area (Å²) in [6.45, 7) is 7.76. The Bertz CT molecular complexity index is 339. The van der Waals surface area contributed by atoms with Gasteiger partial charge in [0.05, 0.1) is 13.3 Å². The predicted molar refractivity (Wildman–Crippen MR) is 75.9 cm³/mol. The number of nitrogens with zero attached hydrogens (tertiary/aromatic N) is 1. The highest BCUT2D eigenvalue weighted by Crippen LogP contribution is 2.28. The Hall–Kier alpha value is -1.09. The Kier molecular flexibility index (Phi) is 6.73. The van der Waals surface area contributed by atoms with Crippen LogP contribution in [-0.4, -0.2) is 18.6 Å². The van der Waals surface area contributed by atoms with Crippen LogP contribution in [0.5, 0.6) is 5.75 Å². The summed E-state index contributed by atoms with van der Waals surface area (Å²) >= 11 is 0. The van der Waals surface area contributed by atoms with Gasteiger partial charge in [0.15, 0.2) is 0 Å². The van der Waals surface area contributed by atoms with Crippen LogP contribution in [0.4, 0.5) is 0 Å². The molecule has 18 heavy (non-hydrogen) atoms. The molecule has 3 nitrogen and oxygen atoms in total. The summed E-state index contributed by atoms with van der Waals surface area (Å²) in [4.78, 5) is 4.12. The van der Waals surface area contributed by atoms with Gasteiger partial charge in [-0.2, -0.15) is 0 Å². The third kappa shape index (κ3) is 4.65. The number of nitrogens with one attached hydrogen (secondary N) is 1. The monoisotopic (exact) mass is 250 g/mol. The van der Waals surface area contributed by atoms with Crippen molar-refractivity contribution in [2.24, 2.45) is 5.92 Å². The molecule has 0 aliphatic rings. The molecule has 1 aromatic heterocycles. The van der Waals surface area contributed by atoms with Crippen LogP contribution >= 0.6 is 0 Å². The van der Waals surface area contributed by atoms with Crippen molar-refractivity contribution in [3.05, 3.63) is 24.0 Å². The maximum absolute atomic E-state index is 5.41. The standard InChI is InChI=1S/C15H26N2O/c1-5-9-17-14(7-6-12(2)3)13-8-10-16-11-15(13)18-4/h8,10-12,14,17H,5-7,9H2,1-4H3. The van der Waals surface area contributed by atoms with E-state index in [-0.39, 0.29) is 0 Å². The van der Waals surface area contributed by atoms with Crippen LogP contribution in [-0.2, 0) is 0 Å². The average molecular weight is 250 g/mol. The lowest BCUT2D eigenvalue weighted by Gasteiger charge is -2.21. The molecule has 1 rings (SSSR count). The van der Waals surface area contributed by atoms with Crippen LogP contribution < -0.4 is 10.1 Å². The first-order valence-electron chi connectivity index (χ1n) is 6.90. The fourth-order valence-corrected chi connectivity index (χ4v) is 2.04. The summed E-state index contributed by atoms with van der Waals surface area (Å²) in [5.74, 6) is 1.61. The topological polar surface area (TPSA) is 34.2 Å². The molecule has 0 radical (unpaired) electrons. The SMILES string of the molecule is CCCNC(CCC(C)C)c1ccncc1OC. The second-order valence-electron chi connectivity index (χ2n) is 5.10. The van der Waals surface area contributed by atoms with Crippen molar-refractivity contribution in [3.63, 3.8) is 0 Å². The number of ether oxygens (including phenoxy) is 1. The van der Waals surface area contributed by atoms with Crippen molar-refractivity contribution in [2.75, 3.05) is 13.7 Å². The van der Waals surface area contributed by atoms with E-state index in [1.165, 1.54) is 12.0 Å². The summed E-state index contributed by atoms with van der Waals surface area (Å²) in [7, 11) is 1.71. The summed E-state index contributed by atoms with van der Waals surface area (Å²) in [6.07, 6.45) is 7.13. The van der Waals surface area contributed by atoms with Crippen molar-refractivity contribution in [1.29, 1.82) is 0 Å². The molecule has 3 heteroatoms. The lowest BCUT2D eigenvalue weighted by molar-refractivity contribution is 0.384. The molecule has 0 spiro atoms. The van der Waals surface area contributed by atoms with Crippen LogP contribution in [0.2, 0.25) is 0 Å². The maximum atomic E-state index is 5.41. The number of pyridine rings is 1. The van der Waals surface area contributed by atoms with E-state index < -0.39 is 0 Å². The van der Waals surface area contributed by atoms with Gasteiger partial charge in [0.25, 0.3) is 0 Å². The largest absolute Gasteiger partial charge is 0.495 e. The van der Waals surface area contributed by atoms with Gasteiger partial charge in [-0.1, -0.05) is 20.8 Å². The fraction of sp³-hybridized carbons (Fsp3) is 0.667. The van der Waals surface area contributed by atoms with Gasteiger partial charge in [-0.15, -0.1) is 0 Å². The van der Waals surface area contributed by atoms with E-state index >= 15 is 0 Å². The highest BCUT2D eigenvalue weighted by molar-refractivity contribution is 5.32. The molecule has 1 heterocycles. The third-order valence-electron chi connectivity index (χ3n) is 3.09. The number of hydrogen-bond donors (Lipinski definition) is 1. The van der Waals surface area contributed by atoms with E-state index in [0.29, 0.717) is 6.04 Å². The van der Waals surface area contributed by atoms with E-state index in [4.69, 9.17) is 4.74 Å². The van der Waals surface area contributed by atoms with E-state index in [9.17, 15) is 0 Å². The molecule has 1 N–H and O–H groups in total. The van der Waals surface area contributed by atoms with Crippen molar-refractivity contribution in [1.82, 2.24) is 10.3 Å². The summed E-state index contributed by atoms with van der Waals surface area (Å²) in [6, 6.07) is 2.43. The number of hydrogen-bond acceptors (Lipinski definition) is 3. The van der Waals surface area contributed by atoms with Gasteiger partial charge in [-0.3, -0.25) is 4.98 Å². The molecule has 0 fully saturated rings. The molecule has 0 saturated carbocycles. The van der Waals surface area contributed by atoms with Gasteiger partial charge < -0.3 is 10.1 Å². The Balaban J connectivity index is 2.79. The Morgan fingerprint density at radius 1 is 1.33 bits per heavy atom. The van der Waals surface area contributed by atoms with Crippen LogP contribution in [0, 0.1) is 5.92 Å². The number of aromatic nitrogens is 1. The second-order valence-corrected chi connectivity index (χ2v) is 5.10. The Labute approximate surface area is 111 Å². The lowest BCUT2D eigenvalue weighted by atomic mass is 9.97. The summed E-state index contributed by atoms with van der Waals surface area (Å²) < 4.78 is 5.41. The number of methoxy groups -OCH3 is 1. The first kappa shape index (κ1) is 15.0. The quantitative estimate of drug-likeness (QED) is 0.766. The summed E-state index contributed by atoms with van der Waals surface area (Å²) in [5.41, 5.74) is 1.22. The zero-order valence-corrected chi connectivity index (χ0v) is 12.1. The van der Waals surface area contributed by atoms with Crippen LogP contribution in [0.15, 0.2) is 18.5 Å². The van der Waals surface area contributed by atoms with E-state index in [1.807, 2.05) is 6.20 Å². The highest BCUT2D eigenvalue weighted by atomic mass is 16.5. The fourth-order valence-electron chi connectivity index (χ4n) is 2.04. The lowest BCUT2D eigenvalue weighted by Crippen LogP contribution is -2.23. The molecular weight excluding hydrogens is 224 g/mol. The van der Waals surface area contributed by atoms with Gasteiger partial charge in [-0.25, -0.2) is 0 Å². The maximum Gasteiger partial charge on any atom is 0.141 e. The first-order chi connectivity index (χ1) is 8.69. The zero-order valence-electron chi connectivity index (χ0n) is 12.1. The van der Waals surface area contributed by atoms with Crippen LogP contribution in [0.3, 0.4) is 0 Å². The van der Waals surface area contributed by atoms with Crippen LogP contribution in [0.25, 0.3) is 0 Å². The normalized spacial score (nSPS) is 12.7. The highest BCUT2D eigenvalue weighted by Gasteiger charge is 2.15. The molecular formula is C15H26N2O. The molecule has 1 atom stereocenters. The van der Waals surface area contributed by atoms with Gasteiger partial charge in [-0.05, 0) is 37.8 Å². The summed E-state index contributed by atoms with van der Waals surface area (Å²) in [5, 5.41) is 3.61. The minimum atomic E-state index is 0.366. The van der Waals surface area contributed by atoms with Gasteiger partial charge in [0.2, 0.25) is 0 Å². The molecule has 0 aliphatic heterocycles. The van der Waals surface area contributed by atoms with Crippen molar-refractivity contribution >= 4 is 0 Å².